The van der Waals surface area contributed by atoms with Gasteiger partial charge in [-0.25, -0.2) is 4.79 Å². The Kier molecular flexibility index (Phi) is 6.47. The fraction of sp³-hybridized carbons (Fsp3) is 0.900. The van der Waals surface area contributed by atoms with E-state index < -0.39 is 17.7 Å². The second-order valence-corrected chi connectivity index (χ2v) is 4.10. The van der Waals surface area contributed by atoms with E-state index in [1.54, 1.807) is 20.8 Å². The first-order valence-electron chi connectivity index (χ1n) is 5.02. The van der Waals surface area contributed by atoms with E-state index in [4.69, 9.17) is 9.62 Å². The molecule has 0 aromatic rings. The third-order valence-electron chi connectivity index (χ3n) is 1.39. The molecule has 0 amide bonds. The monoisotopic (exact) mass is 220 g/mol. The zero-order valence-corrected chi connectivity index (χ0v) is 9.78. The summed E-state index contributed by atoms with van der Waals surface area (Å²) in [5.41, 5.74) is -0.574. The van der Waals surface area contributed by atoms with Gasteiger partial charge in [0.2, 0.25) is 0 Å². The predicted octanol–water partition coefficient (Wildman–Crippen LogP) is 1.05. The topological polar surface area (TPSA) is 65.0 Å². The zero-order valence-electron chi connectivity index (χ0n) is 9.78. The number of aliphatic hydroxyl groups excluding tert-OH is 1. The number of carbonyl (C=O) groups excluding carboxylic acids is 1. The number of hydrogen-bond acceptors (Lipinski definition) is 5. The second kappa shape index (κ2) is 6.76. The van der Waals surface area contributed by atoms with Crippen LogP contribution in [-0.2, 0) is 19.3 Å². The van der Waals surface area contributed by atoms with E-state index in [2.05, 4.69) is 4.89 Å². The quantitative estimate of drug-likeness (QED) is 0.412. The van der Waals surface area contributed by atoms with Crippen LogP contribution in [-0.4, -0.2) is 36.0 Å². The van der Waals surface area contributed by atoms with Crippen molar-refractivity contribution in [2.75, 3.05) is 13.2 Å². The van der Waals surface area contributed by atoms with Gasteiger partial charge >= 0.3 is 5.97 Å². The molecule has 0 aromatic carbocycles. The van der Waals surface area contributed by atoms with Crippen LogP contribution >= 0.6 is 0 Å². The van der Waals surface area contributed by atoms with Crippen LogP contribution < -0.4 is 0 Å². The summed E-state index contributed by atoms with van der Waals surface area (Å²) in [6, 6.07) is 0. The highest BCUT2D eigenvalue weighted by molar-refractivity contribution is 5.73. The van der Waals surface area contributed by atoms with Crippen LogP contribution in [0, 0.1) is 0 Å². The highest BCUT2D eigenvalue weighted by Gasteiger charge is 2.21. The molecule has 1 unspecified atom stereocenters. The molecule has 0 aliphatic carbocycles. The Hall–Kier alpha value is -0.650. The van der Waals surface area contributed by atoms with E-state index in [9.17, 15) is 9.90 Å². The maximum atomic E-state index is 11.1. The smallest absolute Gasteiger partial charge is 0.370 e. The molecule has 5 heteroatoms. The first-order chi connectivity index (χ1) is 6.87. The van der Waals surface area contributed by atoms with Gasteiger partial charge in [0, 0.05) is 19.6 Å². The normalized spacial score (nSPS) is 13.7. The molecule has 1 atom stereocenters. The van der Waals surface area contributed by atoms with E-state index in [1.165, 1.54) is 0 Å². The van der Waals surface area contributed by atoms with E-state index >= 15 is 0 Å². The summed E-state index contributed by atoms with van der Waals surface area (Å²) in [6.45, 7) is 7.95. The molecule has 0 rings (SSSR count). The van der Waals surface area contributed by atoms with Crippen molar-refractivity contribution < 1.29 is 24.4 Å². The largest absolute Gasteiger partial charge is 0.382 e. The molecule has 1 N–H and O–H groups in total. The molecule has 0 spiro atoms. The van der Waals surface area contributed by atoms with Crippen molar-refractivity contribution >= 4 is 5.97 Å². The lowest BCUT2D eigenvalue weighted by molar-refractivity contribution is -0.324. The van der Waals surface area contributed by atoms with E-state index in [-0.39, 0.29) is 6.42 Å². The van der Waals surface area contributed by atoms with E-state index in [1.807, 2.05) is 6.92 Å². The fourth-order valence-corrected chi connectivity index (χ4v) is 0.679. The average molecular weight is 220 g/mol. The Morgan fingerprint density at radius 2 is 2.00 bits per heavy atom. The number of hydrogen-bond donors (Lipinski definition) is 1. The Morgan fingerprint density at radius 3 is 2.47 bits per heavy atom. The molecule has 0 aromatic heterocycles. The van der Waals surface area contributed by atoms with Crippen molar-refractivity contribution in [2.45, 2.75) is 45.8 Å². The van der Waals surface area contributed by atoms with Crippen LogP contribution in [0.3, 0.4) is 0 Å². The summed E-state index contributed by atoms with van der Waals surface area (Å²) < 4.78 is 4.99. The minimum atomic E-state index is -1.20. The maximum absolute atomic E-state index is 11.1. The fourth-order valence-electron chi connectivity index (χ4n) is 0.679. The van der Waals surface area contributed by atoms with E-state index in [0.717, 1.165) is 0 Å². The van der Waals surface area contributed by atoms with Gasteiger partial charge in [-0.05, 0) is 27.7 Å². The lowest BCUT2D eigenvalue weighted by Crippen LogP contribution is -2.29. The molecule has 0 saturated heterocycles. The van der Waals surface area contributed by atoms with Crippen LogP contribution in [0.4, 0.5) is 0 Å². The van der Waals surface area contributed by atoms with Gasteiger partial charge in [0.15, 0.2) is 6.10 Å². The summed E-state index contributed by atoms with van der Waals surface area (Å²) >= 11 is 0. The molecule has 0 fully saturated rings. The Labute approximate surface area is 90.2 Å². The third-order valence-corrected chi connectivity index (χ3v) is 1.39. The Bertz CT molecular complexity index is 185. The standard InChI is InChI=1S/C10H20O5/c1-5-13-7-6-8(11)9(12)14-15-10(2,3)4/h8,11H,5-7H2,1-4H3. The maximum Gasteiger partial charge on any atom is 0.370 e. The highest BCUT2D eigenvalue weighted by atomic mass is 17.2. The number of rotatable bonds is 6. The van der Waals surface area contributed by atoms with Gasteiger partial charge < -0.3 is 9.84 Å². The molecule has 0 heterocycles. The number of aliphatic hydroxyl groups is 1. The summed E-state index contributed by atoms with van der Waals surface area (Å²) in [4.78, 5) is 20.4. The van der Waals surface area contributed by atoms with Gasteiger partial charge in [0.1, 0.15) is 5.60 Å². The van der Waals surface area contributed by atoms with Crippen LogP contribution in [0.5, 0.6) is 0 Å². The highest BCUT2D eigenvalue weighted by Crippen LogP contribution is 2.08. The van der Waals surface area contributed by atoms with Gasteiger partial charge in [-0.2, -0.15) is 4.89 Å². The van der Waals surface area contributed by atoms with Crippen LogP contribution in [0.1, 0.15) is 34.1 Å². The van der Waals surface area contributed by atoms with E-state index in [0.29, 0.717) is 13.2 Å². The molecule has 0 bridgehead atoms. The zero-order chi connectivity index (χ0) is 11.9. The van der Waals surface area contributed by atoms with Gasteiger partial charge in [0.05, 0.1) is 0 Å². The van der Waals surface area contributed by atoms with Gasteiger partial charge in [-0.15, -0.1) is 0 Å². The molecule has 0 radical (unpaired) electrons. The molecule has 90 valence electrons. The van der Waals surface area contributed by atoms with Crippen molar-refractivity contribution in [2.24, 2.45) is 0 Å². The third kappa shape index (κ3) is 8.35. The van der Waals surface area contributed by atoms with Crippen molar-refractivity contribution in [3.63, 3.8) is 0 Å². The predicted molar refractivity (Wildman–Crippen MR) is 54.0 cm³/mol. The molecule has 5 nitrogen and oxygen atoms in total. The second-order valence-electron chi connectivity index (χ2n) is 4.10. The summed E-state index contributed by atoms with van der Waals surface area (Å²) in [5, 5.41) is 9.31. The van der Waals surface area contributed by atoms with Crippen LogP contribution in [0.25, 0.3) is 0 Å². The first kappa shape index (κ1) is 14.3. The molecular formula is C10H20O5. The minimum Gasteiger partial charge on any atom is -0.382 e. The van der Waals surface area contributed by atoms with Crippen molar-refractivity contribution in [1.82, 2.24) is 0 Å². The molecule has 0 saturated carbocycles. The Balaban J connectivity index is 3.70. The lowest BCUT2D eigenvalue weighted by Gasteiger charge is -2.17. The van der Waals surface area contributed by atoms with Crippen molar-refractivity contribution in [3.05, 3.63) is 0 Å². The molecule has 0 aliphatic heterocycles. The summed E-state index contributed by atoms with van der Waals surface area (Å²) in [7, 11) is 0. The van der Waals surface area contributed by atoms with Crippen LogP contribution in [0.15, 0.2) is 0 Å². The SMILES string of the molecule is CCOCCC(O)C(=O)OOC(C)(C)C. The molecular weight excluding hydrogens is 200 g/mol. The first-order valence-corrected chi connectivity index (χ1v) is 5.02. The van der Waals surface area contributed by atoms with Crippen molar-refractivity contribution in [3.8, 4) is 0 Å². The molecule has 0 aliphatic rings. The number of ether oxygens (including phenoxy) is 1. The lowest BCUT2D eigenvalue weighted by atomic mass is 10.2. The summed E-state index contributed by atoms with van der Waals surface area (Å²) in [5.74, 6) is -0.787. The van der Waals surface area contributed by atoms with Crippen molar-refractivity contribution in [1.29, 1.82) is 0 Å². The summed E-state index contributed by atoms with van der Waals surface area (Å²) in [6.07, 6.45) is -0.987. The van der Waals surface area contributed by atoms with Gasteiger partial charge in [0.25, 0.3) is 0 Å². The van der Waals surface area contributed by atoms with Crippen LogP contribution in [0.2, 0.25) is 0 Å². The Morgan fingerprint density at radius 1 is 1.40 bits per heavy atom. The number of carbonyl (C=O) groups is 1. The average Bonchev–Trinajstić information content (AvgIpc) is 2.13. The van der Waals surface area contributed by atoms with Gasteiger partial charge in [-0.1, -0.05) is 0 Å². The molecule has 15 heavy (non-hydrogen) atoms. The van der Waals surface area contributed by atoms with Gasteiger partial charge in [-0.3, -0.25) is 4.89 Å². The minimum absolute atomic E-state index is 0.209.